The minimum atomic E-state index is 0.667. The molecule has 3 nitrogen and oxygen atoms in total. The fraction of sp³-hybridized carbons (Fsp3) is 1.00. The second-order valence-electron chi connectivity index (χ2n) is 4.89. The lowest BCUT2D eigenvalue weighted by molar-refractivity contribution is 0.336. The molecule has 1 saturated heterocycles. The quantitative estimate of drug-likeness (QED) is 0.663. The molecule has 2 atom stereocenters. The predicted molar refractivity (Wildman–Crippen MR) is 59.5 cm³/mol. The lowest BCUT2D eigenvalue weighted by Crippen LogP contribution is -2.43. The summed E-state index contributed by atoms with van der Waals surface area (Å²) in [5.74, 6) is 0.844. The summed E-state index contributed by atoms with van der Waals surface area (Å²) in [5, 5.41) is 7.08. The molecule has 0 amide bonds. The predicted octanol–water partition coefficient (Wildman–Crippen LogP) is 0.278. The monoisotopic (exact) mass is 197 g/mol. The third-order valence-corrected chi connectivity index (χ3v) is 3.57. The molecule has 2 N–H and O–H groups in total. The number of nitrogens with zero attached hydrogens (tertiary/aromatic N) is 1. The van der Waals surface area contributed by atoms with E-state index >= 15 is 0 Å². The van der Waals surface area contributed by atoms with Crippen molar-refractivity contribution in [3.8, 4) is 0 Å². The summed E-state index contributed by atoms with van der Waals surface area (Å²) in [6.07, 6.45) is 4.14. The van der Waals surface area contributed by atoms with E-state index in [0.717, 1.165) is 18.5 Å². The van der Waals surface area contributed by atoms with Gasteiger partial charge in [-0.1, -0.05) is 0 Å². The normalized spacial score (nSPS) is 30.9. The van der Waals surface area contributed by atoms with Gasteiger partial charge in [0.05, 0.1) is 0 Å². The Morgan fingerprint density at radius 2 is 2.14 bits per heavy atom. The molecule has 14 heavy (non-hydrogen) atoms. The summed E-state index contributed by atoms with van der Waals surface area (Å²) < 4.78 is 0. The number of hydrogen-bond acceptors (Lipinski definition) is 3. The Hall–Kier alpha value is -0.120. The molecule has 0 aromatic heterocycles. The van der Waals surface area contributed by atoms with Crippen LogP contribution in [-0.2, 0) is 0 Å². The van der Waals surface area contributed by atoms with Crippen molar-refractivity contribution < 1.29 is 0 Å². The van der Waals surface area contributed by atoms with Gasteiger partial charge in [0.1, 0.15) is 0 Å². The average molecular weight is 197 g/mol. The first-order chi connectivity index (χ1) is 6.79. The fourth-order valence-corrected chi connectivity index (χ4v) is 2.38. The van der Waals surface area contributed by atoms with Gasteiger partial charge >= 0.3 is 0 Å². The molecule has 0 aromatic rings. The average Bonchev–Trinajstić information content (AvgIpc) is 2.90. The zero-order chi connectivity index (χ0) is 9.97. The maximum atomic E-state index is 3.62. The van der Waals surface area contributed by atoms with Crippen LogP contribution in [0.25, 0.3) is 0 Å². The first-order valence-electron chi connectivity index (χ1n) is 5.89. The highest BCUT2D eigenvalue weighted by Crippen LogP contribution is 2.21. The van der Waals surface area contributed by atoms with Crippen LogP contribution in [-0.4, -0.2) is 50.7 Å². The van der Waals surface area contributed by atoms with Crippen LogP contribution in [0.15, 0.2) is 0 Å². The van der Waals surface area contributed by atoms with Gasteiger partial charge in [-0.15, -0.1) is 0 Å². The summed E-state index contributed by atoms with van der Waals surface area (Å²) in [7, 11) is 4.32. The van der Waals surface area contributed by atoms with E-state index in [1.807, 2.05) is 0 Å². The largest absolute Gasteiger partial charge is 0.315 e. The van der Waals surface area contributed by atoms with Crippen molar-refractivity contribution in [3.63, 3.8) is 0 Å². The summed E-state index contributed by atoms with van der Waals surface area (Å²) >= 11 is 0. The first kappa shape index (κ1) is 10.4. The number of rotatable bonds is 5. The van der Waals surface area contributed by atoms with Crippen LogP contribution in [0.3, 0.4) is 0 Å². The van der Waals surface area contributed by atoms with Gasteiger partial charge in [0.2, 0.25) is 0 Å². The molecule has 1 saturated carbocycles. The molecule has 3 heteroatoms. The zero-order valence-corrected chi connectivity index (χ0v) is 9.42. The molecule has 2 aliphatic rings. The van der Waals surface area contributed by atoms with E-state index in [1.54, 1.807) is 0 Å². The third kappa shape index (κ3) is 2.69. The van der Waals surface area contributed by atoms with Crippen LogP contribution in [0.1, 0.15) is 19.3 Å². The molecular formula is C11H23N3. The summed E-state index contributed by atoms with van der Waals surface area (Å²) in [6, 6.07) is 1.51. The Morgan fingerprint density at radius 3 is 2.64 bits per heavy atom. The molecule has 0 radical (unpaired) electrons. The van der Waals surface area contributed by atoms with E-state index in [4.69, 9.17) is 0 Å². The van der Waals surface area contributed by atoms with Crippen molar-refractivity contribution in [2.24, 2.45) is 5.92 Å². The van der Waals surface area contributed by atoms with Crippen LogP contribution >= 0.6 is 0 Å². The zero-order valence-electron chi connectivity index (χ0n) is 9.42. The van der Waals surface area contributed by atoms with Crippen LogP contribution in [0, 0.1) is 5.92 Å². The summed E-state index contributed by atoms with van der Waals surface area (Å²) in [6.45, 7) is 3.68. The minimum Gasteiger partial charge on any atom is -0.315 e. The van der Waals surface area contributed by atoms with Crippen molar-refractivity contribution in [3.05, 3.63) is 0 Å². The maximum absolute atomic E-state index is 3.62. The molecular weight excluding hydrogens is 174 g/mol. The maximum Gasteiger partial charge on any atom is 0.0230 e. The Labute approximate surface area is 87.2 Å². The van der Waals surface area contributed by atoms with Crippen molar-refractivity contribution in [2.45, 2.75) is 31.3 Å². The number of nitrogens with one attached hydrogen (secondary N) is 2. The molecule has 82 valence electrons. The van der Waals surface area contributed by atoms with E-state index in [-0.39, 0.29) is 0 Å². The van der Waals surface area contributed by atoms with Crippen molar-refractivity contribution in [1.29, 1.82) is 0 Å². The standard InChI is InChI=1S/C11H23N3/c1-12-11(7-13-10-3-4-10)9-5-6-14(2)8-9/h9-13H,3-8H2,1-2H3. The Kier molecular flexibility index (Phi) is 3.42. The van der Waals surface area contributed by atoms with Gasteiger partial charge in [0.15, 0.2) is 0 Å². The van der Waals surface area contributed by atoms with Gasteiger partial charge in [0.25, 0.3) is 0 Å². The van der Waals surface area contributed by atoms with Gasteiger partial charge in [-0.3, -0.25) is 0 Å². The van der Waals surface area contributed by atoms with Gasteiger partial charge in [0, 0.05) is 25.2 Å². The fourth-order valence-electron chi connectivity index (χ4n) is 2.38. The van der Waals surface area contributed by atoms with Crippen LogP contribution in [0.2, 0.25) is 0 Å². The minimum absolute atomic E-state index is 0.667. The lowest BCUT2D eigenvalue weighted by atomic mass is 9.99. The van der Waals surface area contributed by atoms with Gasteiger partial charge < -0.3 is 15.5 Å². The van der Waals surface area contributed by atoms with Crippen molar-refractivity contribution in [1.82, 2.24) is 15.5 Å². The topological polar surface area (TPSA) is 27.3 Å². The van der Waals surface area contributed by atoms with Crippen LogP contribution in [0.4, 0.5) is 0 Å². The molecule has 1 aliphatic heterocycles. The van der Waals surface area contributed by atoms with Gasteiger partial charge in [-0.2, -0.15) is 0 Å². The molecule has 0 aromatic carbocycles. The number of likely N-dealkylation sites (tertiary alicyclic amines) is 1. The second-order valence-corrected chi connectivity index (χ2v) is 4.89. The van der Waals surface area contributed by atoms with Crippen LogP contribution < -0.4 is 10.6 Å². The molecule has 2 fully saturated rings. The lowest BCUT2D eigenvalue weighted by Gasteiger charge is -2.23. The van der Waals surface area contributed by atoms with E-state index in [9.17, 15) is 0 Å². The molecule has 2 unspecified atom stereocenters. The van der Waals surface area contributed by atoms with Gasteiger partial charge in [-0.25, -0.2) is 0 Å². The van der Waals surface area contributed by atoms with E-state index in [0.29, 0.717) is 6.04 Å². The van der Waals surface area contributed by atoms with E-state index in [2.05, 4.69) is 29.6 Å². The van der Waals surface area contributed by atoms with Gasteiger partial charge in [-0.05, 0) is 45.8 Å². The third-order valence-electron chi connectivity index (χ3n) is 3.57. The smallest absolute Gasteiger partial charge is 0.0230 e. The molecule has 1 aliphatic carbocycles. The summed E-state index contributed by atoms with van der Waals surface area (Å²) in [5.41, 5.74) is 0. The molecule has 0 bridgehead atoms. The second kappa shape index (κ2) is 4.60. The van der Waals surface area contributed by atoms with Crippen LogP contribution in [0.5, 0.6) is 0 Å². The highest BCUT2D eigenvalue weighted by atomic mass is 15.1. The molecule has 1 heterocycles. The van der Waals surface area contributed by atoms with Crippen molar-refractivity contribution >= 4 is 0 Å². The number of hydrogen-bond donors (Lipinski definition) is 2. The highest BCUT2D eigenvalue weighted by molar-refractivity contribution is 4.88. The van der Waals surface area contributed by atoms with E-state index < -0.39 is 0 Å². The Balaban J connectivity index is 1.73. The highest BCUT2D eigenvalue weighted by Gasteiger charge is 2.28. The number of likely N-dealkylation sites (N-methyl/N-ethyl adjacent to an activating group) is 1. The SMILES string of the molecule is CNC(CNC1CC1)C1CCN(C)C1. The Morgan fingerprint density at radius 1 is 1.36 bits per heavy atom. The molecule has 0 spiro atoms. The summed E-state index contributed by atoms with van der Waals surface area (Å²) in [4.78, 5) is 2.44. The van der Waals surface area contributed by atoms with Crippen molar-refractivity contribution in [2.75, 3.05) is 33.7 Å². The van der Waals surface area contributed by atoms with E-state index in [1.165, 1.54) is 32.4 Å². The molecule has 2 rings (SSSR count). The Bertz CT molecular complexity index is 179. The first-order valence-corrected chi connectivity index (χ1v) is 5.89.